The molecule has 1 aromatic carbocycles. The Kier molecular flexibility index (Phi) is 10.9. The molecule has 28 heavy (non-hydrogen) atoms. The van der Waals surface area contributed by atoms with Gasteiger partial charge in [0.05, 0.1) is 6.54 Å². The van der Waals surface area contributed by atoms with Crippen molar-refractivity contribution in [2.24, 2.45) is 12.0 Å². The number of unbranched alkanes of at least 4 members (excludes halogenated alkanes) is 1. The molecule has 0 amide bonds. The third-order valence-corrected chi connectivity index (χ3v) is 4.36. The number of guanidine groups is 1. The summed E-state index contributed by atoms with van der Waals surface area (Å²) in [5, 5.41) is 15.0. The van der Waals surface area contributed by atoms with E-state index in [0.717, 1.165) is 48.3 Å². The molecule has 0 radical (unpaired) electrons. The van der Waals surface area contributed by atoms with Crippen molar-refractivity contribution >= 4 is 29.9 Å². The highest BCUT2D eigenvalue weighted by molar-refractivity contribution is 14.0. The molecule has 2 N–H and O–H groups in total. The summed E-state index contributed by atoms with van der Waals surface area (Å²) in [6, 6.07) is 8.06. The maximum Gasteiger partial charge on any atom is 0.191 e. The van der Waals surface area contributed by atoms with Crippen molar-refractivity contribution in [1.82, 2.24) is 25.4 Å². The molecule has 0 aliphatic rings. The minimum absolute atomic E-state index is 0. The largest absolute Gasteiger partial charge is 0.489 e. The van der Waals surface area contributed by atoms with Crippen molar-refractivity contribution < 1.29 is 4.74 Å². The number of ether oxygens (including phenoxy) is 1. The highest BCUT2D eigenvalue weighted by atomic mass is 127. The lowest BCUT2D eigenvalue weighted by Gasteiger charge is -2.19. The molecule has 0 aliphatic carbocycles. The Bertz CT molecular complexity index is 746. The molecule has 1 aromatic heterocycles. The van der Waals surface area contributed by atoms with Crippen molar-refractivity contribution in [3.8, 4) is 5.75 Å². The number of rotatable bonds is 9. The standard InChI is InChI=1S/C20H32N6O.HI/c1-6-7-12-21-20(23-14-19-25-24-17(4)26(19)5)22-13-16(3)27-18-11-9-8-10-15(18)2;/h8-11,16H,6-7,12-14H2,1-5H3,(H2,21,22,23);1H. The predicted octanol–water partition coefficient (Wildman–Crippen LogP) is 3.35. The highest BCUT2D eigenvalue weighted by Gasteiger charge is 2.09. The van der Waals surface area contributed by atoms with Crippen LogP contribution in [0, 0.1) is 13.8 Å². The smallest absolute Gasteiger partial charge is 0.191 e. The van der Waals surface area contributed by atoms with Crippen LogP contribution in [0.2, 0.25) is 0 Å². The van der Waals surface area contributed by atoms with Crippen molar-refractivity contribution in [2.45, 2.75) is 53.2 Å². The number of hydrogen-bond acceptors (Lipinski definition) is 4. The maximum atomic E-state index is 6.03. The van der Waals surface area contributed by atoms with Crippen LogP contribution in [-0.2, 0) is 13.6 Å². The van der Waals surface area contributed by atoms with Crippen LogP contribution in [0.3, 0.4) is 0 Å². The number of aryl methyl sites for hydroxylation is 2. The summed E-state index contributed by atoms with van der Waals surface area (Å²) in [6.07, 6.45) is 2.25. The van der Waals surface area contributed by atoms with Crippen molar-refractivity contribution in [3.05, 3.63) is 41.5 Å². The Morgan fingerprint density at radius 1 is 1.21 bits per heavy atom. The molecule has 8 heteroatoms. The fourth-order valence-corrected chi connectivity index (χ4v) is 2.48. The second-order valence-corrected chi connectivity index (χ2v) is 6.74. The molecule has 0 spiro atoms. The molecule has 2 rings (SSSR count). The topological polar surface area (TPSA) is 76.4 Å². The monoisotopic (exact) mass is 500 g/mol. The van der Waals surface area contributed by atoms with E-state index in [-0.39, 0.29) is 30.1 Å². The summed E-state index contributed by atoms with van der Waals surface area (Å²) in [6.45, 7) is 10.2. The molecule has 0 saturated heterocycles. The third kappa shape index (κ3) is 7.65. The second kappa shape index (κ2) is 12.6. The molecule has 0 bridgehead atoms. The van der Waals surface area contributed by atoms with E-state index in [4.69, 9.17) is 4.74 Å². The molecular formula is C20H33IN6O. The third-order valence-electron chi connectivity index (χ3n) is 4.36. The van der Waals surface area contributed by atoms with Crippen LogP contribution < -0.4 is 15.4 Å². The van der Waals surface area contributed by atoms with Gasteiger partial charge in [-0.15, -0.1) is 34.2 Å². The van der Waals surface area contributed by atoms with Crippen LogP contribution in [0.1, 0.15) is 43.9 Å². The number of aliphatic imine (C=N–C) groups is 1. The van der Waals surface area contributed by atoms with Gasteiger partial charge >= 0.3 is 0 Å². The molecule has 2 aromatic rings. The molecule has 0 fully saturated rings. The zero-order chi connectivity index (χ0) is 19.6. The number of halogens is 1. The SMILES string of the molecule is CCCCNC(=NCc1nnc(C)n1C)NCC(C)Oc1ccccc1C.I. The summed E-state index contributed by atoms with van der Waals surface area (Å²) < 4.78 is 7.99. The minimum Gasteiger partial charge on any atom is -0.489 e. The van der Waals surface area contributed by atoms with Gasteiger partial charge in [-0.05, 0) is 38.8 Å². The molecule has 1 unspecified atom stereocenters. The van der Waals surface area contributed by atoms with E-state index in [1.807, 2.05) is 36.7 Å². The van der Waals surface area contributed by atoms with Gasteiger partial charge < -0.3 is 19.9 Å². The van der Waals surface area contributed by atoms with E-state index in [1.165, 1.54) is 0 Å². The van der Waals surface area contributed by atoms with E-state index >= 15 is 0 Å². The van der Waals surface area contributed by atoms with Gasteiger partial charge in [-0.1, -0.05) is 31.5 Å². The number of hydrogen-bond donors (Lipinski definition) is 2. The van der Waals surface area contributed by atoms with Gasteiger partial charge in [0, 0.05) is 13.6 Å². The summed E-state index contributed by atoms with van der Waals surface area (Å²) in [5.41, 5.74) is 1.14. The first-order valence-electron chi connectivity index (χ1n) is 9.60. The van der Waals surface area contributed by atoms with Gasteiger partial charge in [-0.2, -0.15) is 0 Å². The fourth-order valence-electron chi connectivity index (χ4n) is 2.48. The van der Waals surface area contributed by atoms with Crippen molar-refractivity contribution in [1.29, 1.82) is 0 Å². The Balaban J connectivity index is 0.00000392. The summed E-state index contributed by atoms with van der Waals surface area (Å²) >= 11 is 0. The van der Waals surface area contributed by atoms with E-state index < -0.39 is 0 Å². The average molecular weight is 500 g/mol. The number of nitrogens with zero attached hydrogens (tertiary/aromatic N) is 4. The normalized spacial score (nSPS) is 12.2. The first kappa shape index (κ1) is 24.2. The molecule has 1 heterocycles. The number of aromatic nitrogens is 3. The van der Waals surface area contributed by atoms with Crippen LogP contribution in [0.15, 0.2) is 29.3 Å². The molecular weight excluding hydrogens is 467 g/mol. The highest BCUT2D eigenvalue weighted by Crippen LogP contribution is 2.17. The van der Waals surface area contributed by atoms with E-state index in [2.05, 4.69) is 52.7 Å². The van der Waals surface area contributed by atoms with Crippen molar-refractivity contribution in [2.75, 3.05) is 13.1 Å². The zero-order valence-electron chi connectivity index (χ0n) is 17.5. The first-order chi connectivity index (χ1) is 13.0. The summed E-state index contributed by atoms with van der Waals surface area (Å²) in [7, 11) is 1.95. The minimum atomic E-state index is 0. The Labute approximate surface area is 185 Å². The van der Waals surface area contributed by atoms with Crippen LogP contribution >= 0.6 is 24.0 Å². The Hall–Kier alpha value is -1.84. The van der Waals surface area contributed by atoms with Gasteiger partial charge in [0.1, 0.15) is 24.2 Å². The van der Waals surface area contributed by atoms with E-state index in [1.54, 1.807) is 0 Å². The van der Waals surface area contributed by atoms with E-state index in [0.29, 0.717) is 13.1 Å². The predicted molar refractivity (Wildman–Crippen MR) is 124 cm³/mol. The zero-order valence-corrected chi connectivity index (χ0v) is 19.9. The van der Waals surface area contributed by atoms with Crippen LogP contribution in [0.25, 0.3) is 0 Å². The van der Waals surface area contributed by atoms with Gasteiger partial charge in [-0.25, -0.2) is 4.99 Å². The van der Waals surface area contributed by atoms with Gasteiger partial charge in [0.15, 0.2) is 11.8 Å². The van der Waals surface area contributed by atoms with E-state index in [9.17, 15) is 0 Å². The van der Waals surface area contributed by atoms with Crippen LogP contribution in [-0.4, -0.2) is 39.9 Å². The van der Waals surface area contributed by atoms with Gasteiger partial charge in [0.25, 0.3) is 0 Å². The number of para-hydroxylation sites is 1. The second-order valence-electron chi connectivity index (χ2n) is 6.74. The number of nitrogens with one attached hydrogen (secondary N) is 2. The quantitative estimate of drug-likeness (QED) is 0.239. The molecule has 0 saturated carbocycles. The van der Waals surface area contributed by atoms with Crippen molar-refractivity contribution in [3.63, 3.8) is 0 Å². The average Bonchev–Trinajstić information content (AvgIpc) is 2.97. The maximum absolute atomic E-state index is 6.03. The lowest BCUT2D eigenvalue weighted by molar-refractivity contribution is 0.222. The summed E-state index contributed by atoms with van der Waals surface area (Å²) in [4.78, 5) is 4.65. The van der Waals surface area contributed by atoms with Gasteiger partial charge in [0.2, 0.25) is 0 Å². The lowest BCUT2D eigenvalue weighted by atomic mass is 10.2. The van der Waals surface area contributed by atoms with Crippen LogP contribution in [0.5, 0.6) is 5.75 Å². The Morgan fingerprint density at radius 3 is 2.61 bits per heavy atom. The number of benzene rings is 1. The van der Waals surface area contributed by atoms with Crippen LogP contribution in [0.4, 0.5) is 0 Å². The molecule has 0 aliphatic heterocycles. The first-order valence-corrected chi connectivity index (χ1v) is 9.60. The lowest BCUT2D eigenvalue weighted by Crippen LogP contribution is -2.42. The summed E-state index contributed by atoms with van der Waals surface area (Å²) in [5.74, 6) is 3.41. The Morgan fingerprint density at radius 2 is 1.96 bits per heavy atom. The molecule has 7 nitrogen and oxygen atoms in total. The fraction of sp³-hybridized carbons (Fsp3) is 0.550. The molecule has 156 valence electrons. The molecule has 1 atom stereocenters. The van der Waals surface area contributed by atoms with Gasteiger partial charge in [-0.3, -0.25) is 0 Å².